The molecule has 2 aromatic rings. The quantitative estimate of drug-likeness (QED) is 0.320. The largest absolute Gasteiger partial charge is 0.357 e. The van der Waals surface area contributed by atoms with E-state index < -0.39 is 10.0 Å². The van der Waals surface area contributed by atoms with Gasteiger partial charge in [0.25, 0.3) is 0 Å². The summed E-state index contributed by atoms with van der Waals surface area (Å²) in [5.74, 6) is 1.28. The number of sulfonamides is 1. The Balaban J connectivity index is 0.00000280. The van der Waals surface area contributed by atoms with E-state index in [9.17, 15) is 8.42 Å². The summed E-state index contributed by atoms with van der Waals surface area (Å²) < 4.78 is 28.6. The van der Waals surface area contributed by atoms with E-state index in [1.165, 1.54) is 10.6 Å². The second kappa shape index (κ2) is 10.0. The van der Waals surface area contributed by atoms with Crippen LogP contribution in [0.1, 0.15) is 18.3 Å². The van der Waals surface area contributed by atoms with E-state index >= 15 is 0 Å². The van der Waals surface area contributed by atoms with Gasteiger partial charge in [-0.15, -0.1) is 24.0 Å². The molecule has 0 bridgehead atoms. The summed E-state index contributed by atoms with van der Waals surface area (Å²) >= 11 is 0. The minimum atomic E-state index is -3.39. The summed E-state index contributed by atoms with van der Waals surface area (Å²) in [6.07, 6.45) is 2.23. The van der Waals surface area contributed by atoms with E-state index in [1.54, 1.807) is 11.7 Å². The van der Waals surface area contributed by atoms with Crippen molar-refractivity contribution in [3.8, 4) is 0 Å². The van der Waals surface area contributed by atoms with Gasteiger partial charge in [0.2, 0.25) is 10.0 Å². The van der Waals surface area contributed by atoms with Gasteiger partial charge in [0, 0.05) is 26.7 Å². The summed E-state index contributed by atoms with van der Waals surface area (Å²) in [5.41, 5.74) is 1.87. The van der Waals surface area contributed by atoms with Crippen LogP contribution in [0.2, 0.25) is 0 Å². The molecule has 1 aliphatic rings. The molecule has 2 N–H and O–H groups in total. The predicted molar refractivity (Wildman–Crippen MR) is 121 cm³/mol. The summed E-state index contributed by atoms with van der Waals surface area (Å²) in [5, 5.41) is 10.2. The lowest BCUT2D eigenvalue weighted by Crippen LogP contribution is -2.42. The van der Waals surface area contributed by atoms with E-state index in [4.69, 9.17) is 0 Å². The normalized spacial score (nSPS) is 13.8. The van der Waals surface area contributed by atoms with E-state index in [0.29, 0.717) is 25.6 Å². The third-order valence-corrected chi connectivity index (χ3v) is 6.13. The van der Waals surface area contributed by atoms with Crippen molar-refractivity contribution < 1.29 is 8.42 Å². The first kappa shape index (κ1) is 22.4. The first-order valence-electron chi connectivity index (χ1n) is 8.94. The van der Waals surface area contributed by atoms with Crippen molar-refractivity contribution in [2.45, 2.75) is 19.9 Å². The molecule has 0 saturated heterocycles. The SMILES string of the molecule is CCNC(=NCc1ncnn1C)NCCS(=O)(=O)N1CCc2ccccc21.I. The molecule has 0 spiro atoms. The van der Waals surface area contributed by atoms with Gasteiger partial charge in [-0.25, -0.2) is 18.4 Å². The molecule has 0 fully saturated rings. The van der Waals surface area contributed by atoms with Crippen LogP contribution in [0, 0.1) is 0 Å². The molecule has 0 amide bonds. The lowest BCUT2D eigenvalue weighted by Gasteiger charge is -2.20. The minimum Gasteiger partial charge on any atom is -0.357 e. The van der Waals surface area contributed by atoms with E-state index in [1.807, 2.05) is 31.2 Å². The zero-order valence-electron chi connectivity index (χ0n) is 16.0. The van der Waals surface area contributed by atoms with Gasteiger partial charge in [-0.2, -0.15) is 5.10 Å². The third-order valence-electron chi connectivity index (χ3n) is 4.36. The number of aromatic nitrogens is 3. The summed E-state index contributed by atoms with van der Waals surface area (Å²) in [6, 6.07) is 7.64. The van der Waals surface area contributed by atoms with Crippen LogP contribution in [0.25, 0.3) is 0 Å². The van der Waals surface area contributed by atoms with Gasteiger partial charge in [0.15, 0.2) is 5.96 Å². The summed E-state index contributed by atoms with van der Waals surface area (Å²) in [6.45, 7) is 3.76. The fraction of sp³-hybridized carbons (Fsp3) is 0.471. The number of guanidine groups is 1. The van der Waals surface area contributed by atoms with Crippen molar-refractivity contribution in [1.29, 1.82) is 0 Å². The molecule has 28 heavy (non-hydrogen) atoms. The van der Waals surface area contributed by atoms with Gasteiger partial charge < -0.3 is 10.6 Å². The van der Waals surface area contributed by atoms with E-state index in [-0.39, 0.29) is 36.3 Å². The van der Waals surface area contributed by atoms with Crippen molar-refractivity contribution >= 4 is 45.6 Å². The first-order valence-corrected chi connectivity index (χ1v) is 10.6. The highest BCUT2D eigenvalue weighted by Gasteiger charge is 2.28. The second-order valence-corrected chi connectivity index (χ2v) is 8.20. The Morgan fingerprint density at radius 2 is 2.07 bits per heavy atom. The maximum Gasteiger partial charge on any atom is 0.236 e. The van der Waals surface area contributed by atoms with Crippen molar-refractivity contribution in [2.75, 3.05) is 29.7 Å². The average molecular weight is 519 g/mol. The highest BCUT2D eigenvalue weighted by molar-refractivity contribution is 14.0. The van der Waals surface area contributed by atoms with Gasteiger partial charge in [-0.3, -0.25) is 8.99 Å². The lowest BCUT2D eigenvalue weighted by molar-refractivity contribution is 0.590. The number of anilines is 1. The Bertz CT molecular complexity index is 914. The van der Waals surface area contributed by atoms with Crippen molar-refractivity contribution in [3.05, 3.63) is 42.0 Å². The number of nitrogens with one attached hydrogen (secondary N) is 2. The molecule has 0 aliphatic carbocycles. The number of hydrogen-bond donors (Lipinski definition) is 2. The number of halogens is 1. The number of aryl methyl sites for hydroxylation is 1. The van der Waals surface area contributed by atoms with Crippen LogP contribution in [0.4, 0.5) is 5.69 Å². The van der Waals surface area contributed by atoms with Gasteiger partial charge in [0.1, 0.15) is 18.7 Å². The van der Waals surface area contributed by atoms with Gasteiger partial charge in [-0.05, 0) is 25.0 Å². The highest BCUT2D eigenvalue weighted by atomic mass is 127. The summed E-state index contributed by atoms with van der Waals surface area (Å²) in [7, 11) is -1.58. The molecule has 154 valence electrons. The first-order chi connectivity index (χ1) is 13.0. The Morgan fingerprint density at radius 1 is 1.29 bits per heavy atom. The number of rotatable bonds is 7. The Hall–Kier alpha value is -1.89. The molecule has 0 unspecified atom stereocenters. The number of para-hydroxylation sites is 1. The van der Waals surface area contributed by atoms with E-state index in [0.717, 1.165) is 23.5 Å². The maximum atomic E-state index is 12.7. The van der Waals surface area contributed by atoms with Crippen molar-refractivity contribution in [1.82, 2.24) is 25.4 Å². The van der Waals surface area contributed by atoms with Crippen LogP contribution in [0.5, 0.6) is 0 Å². The number of aliphatic imine (C=N–C) groups is 1. The monoisotopic (exact) mass is 519 g/mol. The fourth-order valence-electron chi connectivity index (χ4n) is 2.96. The highest BCUT2D eigenvalue weighted by Crippen LogP contribution is 2.29. The van der Waals surface area contributed by atoms with E-state index in [2.05, 4.69) is 25.7 Å². The Labute approximate surface area is 182 Å². The number of nitrogens with zero attached hydrogens (tertiary/aromatic N) is 5. The van der Waals surface area contributed by atoms with Gasteiger partial charge in [0.05, 0.1) is 11.4 Å². The van der Waals surface area contributed by atoms with Crippen LogP contribution in [0.15, 0.2) is 35.6 Å². The molecule has 3 rings (SSSR count). The zero-order chi connectivity index (χ0) is 19.3. The molecule has 0 saturated carbocycles. The third kappa shape index (κ3) is 5.34. The zero-order valence-corrected chi connectivity index (χ0v) is 19.1. The molecule has 9 nitrogen and oxygen atoms in total. The number of benzene rings is 1. The fourth-order valence-corrected chi connectivity index (χ4v) is 4.39. The molecule has 2 heterocycles. The standard InChI is InChI=1S/C17H25N7O2S.HI/c1-3-18-17(20-12-16-21-13-22-23(16)2)19-9-11-27(25,26)24-10-8-14-6-4-5-7-15(14)24;/h4-7,13H,3,8-12H2,1-2H3,(H2,18,19,20);1H. The lowest BCUT2D eigenvalue weighted by atomic mass is 10.2. The predicted octanol–water partition coefficient (Wildman–Crippen LogP) is 0.881. The maximum absolute atomic E-state index is 12.7. The van der Waals surface area contributed by atoms with Gasteiger partial charge in [-0.1, -0.05) is 18.2 Å². The van der Waals surface area contributed by atoms with Crippen LogP contribution >= 0.6 is 24.0 Å². The molecule has 11 heteroatoms. The Morgan fingerprint density at radius 3 is 2.79 bits per heavy atom. The van der Waals surface area contributed by atoms with Crippen LogP contribution in [-0.2, 0) is 30.0 Å². The molecule has 1 aromatic carbocycles. The van der Waals surface area contributed by atoms with Crippen LogP contribution in [-0.4, -0.2) is 54.5 Å². The van der Waals surface area contributed by atoms with Gasteiger partial charge >= 0.3 is 0 Å². The Kier molecular flexibility index (Phi) is 8.04. The molecule has 1 aliphatic heterocycles. The molecule has 0 atom stereocenters. The number of fused-ring (bicyclic) bond motifs is 1. The minimum absolute atomic E-state index is 0. The smallest absolute Gasteiger partial charge is 0.236 e. The number of hydrogen-bond acceptors (Lipinski definition) is 5. The van der Waals surface area contributed by atoms with Crippen molar-refractivity contribution in [3.63, 3.8) is 0 Å². The molecule has 1 aromatic heterocycles. The average Bonchev–Trinajstić information content (AvgIpc) is 3.26. The molecule has 0 radical (unpaired) electrons. The van der Waals surface area contributed by atoms with Crippen LogP contribution in [0.3, 0.4) is 0 Å². The van der Waals surface area contributed by atoms with Crippen molar-refractivity contribution in [2.24, 2.45) is 12.0 Å². The topological polar surface area (TPSA) is 105 Å². The summed E-state index contributed by atoms with van der Waals surface area (Å²) in [4.78, 5) is 8.56. The van der Waals surface area contributed by atoms with Crippen LogP contribution < -0.4 is 14.9 Å². The molecular weight excluding hydrogens is 493 g/mol. The molecular formula is C17H26IN7O2S. The second-order valence-electron chi connectivity index (χ2n) is 6.19.